The predicted octanol–water partition coefficient (Wildman–Crippen LogP) is 3.19. The van der Waals surface area contributed by atoms with Crippen LogP contribution in [-0.2, 0) is 23.3 Å². The highest BCUT2D eigenvalue weighted by Gasteiger charge is 2.58. The van der Waals surface area contributed by atoms with Crippen molar-refractivity contribution in [2.24, 2.45) is 0 Å². The molecular weight excluding hydrogens is 448 g/mol. The summed E-state index contributed by atoms with van der Waals surface area (Å²) in [5.74, 6) is 0.889. The molecule has 2 aliphatic rings. The Balaban J connectivity index is 2.01. The van der Waals surface area contributed by atoms with Gasteiger partial charge in [0.25, 0.3) is 5.56 Å². The standard InChI is InChI=1S/C26H28N4O5/c1-5-11-29-22-21(23(31)30(12-6-2)25(29)33)26(16-9-7-8-10-17(16)27-22)20-18(28-24(26)32)13-15(34-3)14-19(20)35-4/h7-10,13-14,27H,5-6,11-12H2,1-4H3,(H,28,32)/t26-/m1/s1. The van der Waals surface area contributed by atoms with E-state index in [1.807, 2.05) is 38.1 Å². The van der Waals surface area contributed by atoms with Crippen LogP contribution in [0.5, 0.6) is 11.5 Å². The molecule has 182 valence electrons. The van der Waals surface area contributed by atoms with Gasteiger partial charge in [-0.3, -0.25) is 18.7 Å². The molecule has 2 N–H and O–H groups in total. The first-order chi connectivity index (χ1) is 16.9. The number of benzene rings is 2. The van der Waals surface area contributed by atoms with Crippen molar-refractivity contribution < 1.29 is 14.3 Å². The van der Waals surface area contributed by atoms with Gasteiger partial charge in [-0.1, -0.05) is 32.0 Å². The fourth-order valence-electron chi connectivity index (χ4n) is 5.38. The number of anilines is 3. The molecule has 0 aliphatic carbocycles. The smallest absolute Gasteiger partial charge is 0.332 e. The normalized spacial score (nSPS) is 17.3. The minimum absolute atomic E-state index is 0.220. The third kappa shape index (κ3) is 2.97. The van der Waals surface area contributed by atoms with Crippen molar-refractivity contribution in [3.63, 3.8) is 0 Å². The summed E-state index contributed by atoms with van der Waals surface area (Å²) < 4.78 is 14.0. The van der Waals surface area contributed by atoms with Crippen LogP contribution < -0.4 is 31.4 Å². The van der Waals surface area contributed by atoms with Crippen molar-refractivity contribution >= 4 is 23.1 Å². The average Bonchev–Trinajstić information content (AvgIpc) is 3.15. The lowest BCUT2D eigenvalue weighted by Crippen LogP contribution is -2.51. The Morgan fingerprint density at radius 3 is 2.26 bits per heavy atom. The lowest BCUT2D eigenvalue weighted by Gasteiger charge is -2.37. The number of rotatable bonds is 6. The number of hydrogen-bond acceptors (Lipinski definition) is 6. The number of ether oxygens (including phenoxy) is 2. The highest BCUT2D eigenvalue weighted by atomic mass is 16.5. The molecule has 3 heterocycles. The molecule has 9 nitrogen and oxygen atoms in total. The number of aromatic nitrogens is 2. The Hall–Kier alpha value is -4.01. The van der Waals surface area contributed by atoms with E-state index < -0.39 is 11.0 Å². The predicted molar refractivity (Wildman–Crippen MR) is 133 cm³/mol. The van der Waals surface area contributed by atoms with E-state index in [2.05, 4.69) is 10.6 Å². The van der Waals surface area contributed by atoms with Crippen molar-refractivity contribution in [2.45, 2.75) is 45.2 Å². The summed E-state index contributed by atoms with van der Waals surface area (Å²) in [6.07, 6.45) is 1.27. The van der Waals surface area contributed by atoms with Crippen LogP contribution in [0.25, 0.3) is 0 Å². The van der Waals surface area contributed by atoms with Crippen LogP contribution >= 0.6 is 0 Å². The second kappa shape index (κ2) is 8.33. The maximum absolute atomic E-state index is 14.1. The first-order valence-corrected chi connectivity index (χ1v) is 11.8. The Morgan fingerprint density at radius 2 is 1.57 bits per heavy atom. The van der Waals surface area contributed by atoms with Crippen molar-refractivity contribution in [2.75, 3.05) is 24.9 Å². The molecule has 0 saturated heterocycles. The number of fused-ring (bicyclic) bond motifs is 6. The zero-order valence-corrected chi connectivity index (χ0v) is 20.2. The summed E-state index contributed by atoms with van der Waals surface area (Å²) in [6, 6.07) is 10.8. The molecule has 0 fully saturated rings. The SMILES string of the molecule is CCCn1c2c(c(=O)n(CCC)c1=O)[C@@]1(C(=O)Nc3cc(OC)cc(OC)c31)c1ccccc1N2. The minimum atomic E-state index is -1.51. The second-order valence-electron chi connectivity index (χ2n) is 8.74. The minimum Gasteiger partial charge on any atom is -0.497 e. The van der Waals surface area contributed by atoms with Crippen LogP contribution in [0, 0.1) is 0 Å². The summed E-state index contributed by atoms with van der Waals surface area (Å²) in [4.78, 5) is 41.6. The molecule has 3 aromatic rings. The van der Waals surface area contributed by atoms with Gasteiger partial charge in [0.1, 0.15) is 22.7 Å². The van der Waals surface area contributed by atoms with E-state index in [1.54, 1.807) is 16.7 Å². The maximum atomic E-state index is 14.1. The topological polar surface area (TPSA) is 104 Å². The number of nitrogens with zero attached hydrogens (tertiary/aromatic N) is 2. The van der Waals surface area contributed by atoms with Gasteiger partial charge in [-0.25, -0.2) is 4.79 Å². The van der Waals surface area contributed by atoms with Crippen LogP contribution in [0.1, 0.15) is 43.4 Å². The maximum Gasteiger partial charge on any atom is 0.332 e. The number of para-hydroxylation sites is 1. The van der Waals surface area contributed by atoms with Crippen LogP contribution in [0.15, 0.2) is 46.0 Å². The first-order valence-electron chi connectivity index (χ1n) is 11.8. The molecule has 35 heavy (non-hydrogen) atoms. The number of hydrogen-bond donors (Lipinski definition) is 2. The van der Waals surface area contributed by atoms with E-state index in [1.165, 1.54) is 18.8 Å². The van der Waals surface area contributed by atoms with E-state index in [0.29, 0.717) is 59.2 Å². The van der Waals surface area contributed by atoms with Gasteiger partial charge in [0.2, 0.25) is 5.91 Å². The quantitative estimate of drug-likeness (QED) is 0.566. The molecule has 5 rings (SSSR count). The molecule has 1 aromatic heterocycles. The van der Waals surface area contributed by atoms with Crippen LogP contribution in [0.3, 0.4) is 0 Å². The number of carbonyl (C=O) groups is 1. The molecule has 9 heteroatoms. The zero-order chi connectivity index (χ0) is 24.9. The fourth-order valence-corrected chi connectivity index (χ4v) is 5.38. The summed E-state index contributed by atoms with van der Waals surface area (Å²) >= 11 is 0. The Labute approximate surface area is 202 Å². The van der Waals surface area contributed by atoms with Gasteiger partial charge in [0.05, 0.1) is 25.5 Å². The van der Waals surface area contributed by atoms with Crippen molar-refractivity contribution in [1.29, 1.82) is 0 Å². The van der Waals surface area contributed by atoms with Gasteiger partial charge in [-0.05, 0) is 18.9 Å². The van der Waals surface area contributed by atoms with E-state index in [9.17, 15) is 14.4 Å². The van der Waals surface area contributed by atoms with Gasteiger partial charge >= 0.3 is 5.69 Å². The Kier molecular flexibility index (Phi) is 5.42. The van der Waals surface area contributed by atoms with Crippen molar-refractivity contribution in [1.82, 2.24) is 9.13 Å². The number of carbonyl (C=O) groups excluding carboxylic acids is 1. The van der Waals surface area contributed by atoms with Crippen molar-refractivity contribution in [3.8, 4) is 11.5 Å². The zero-order valence-electron chi connectivity index (χ0n) is 20.2. The highest BCUT2D eigenvalue weighted by Crippen LogP contribution is 2.57. The molecule has 1 atom stereocenters. The lowest BCUT2D eigenvalue weighted by atomic mass is 9.68. The molecule has 2 aliphatic heterocycles. The van der Waals surface area contributed by atoms with E-state index in [0.717, 1.165) is 0 Å². The van der Waals surface area contributed by atoms with E-state index >= 15 is 0 Å². The number of methoxy groups -OCH3 is 2. The molecule has 0 saturated carbocycles. The van der Waals surface area contributed by atoms with Gasteiger partial charge in [-0.15, -0.1) is 0 Å². The van der Waals surface area contributed by atoms with Crippen LogP contribution in [0.2, 0.25) is 0 Å². The third-order valence-corrected chi connectivity index (χ3v) is 6.78. The molecular formula is C26H28N4O5. The number of nitrogens with one attached hydrogen (secondary N) is 2. The van der Waals surface area contributed by atoms with Gasteiger partial charge in [0.15, 0.2) is 0 Å². The Morgan fingerprint density at radius 1 is 0.857 bits per heavy atom. The van der Waals surface area contributed by atoms with Crippen LogP contribution in [0.4, 0.5) is 17.2 Å². The van der Waals surface area contributed by atoms with E-state index in [4.69, 9.17) is 9.47 Å². The van der Waals surface area contributed by atoms with Crippen LogP contribution in [-0.4, -0.2) is 29.3 Å². The molecule has 1 amide bonds. The van der Waals surface area contributed by atoms with Gasteiger partial charge < -0.3 is 20.1 Å². The summed E-state index contributed by atoms with van der Waals surface area (Å²) in [5, 5.41) is 6.28. The first kappa shape index (κ1) is 22.8. The average molecular weight is 477 g/mol. The molecule has 1 spiro atoms. The largest absolute Gasteiger partial charge is 0.497 e. The second-order valence-corrected chi connectivity index (χ2v) is 8.74. The monoisotopic (exact) mass is 476 g/mol. The summed E-state index contributed by atoms with van der Waals surface area (Å²) in [6.45, 7) is 4.52. The van der Waals surface area contributed by atoms with Crippen molar-refractivity contribution in [3.05, 3.63) is 73.9 Å². The van der Waals surface area contributed by atoms with Gasteiger partial charge in [-0.2, -0.15) is 0 Å². The molecule has 0 bridgehead atoms. The summed E-state index contributed by atoms with van der Waals surface area (Å²) in [7, 11) is 3.06. The molecule has 0 unspecified atom stereocenters. The fraction of sp³-hybridized carbons (Fsp3) is 0.346. The van der Waals surface area contributed by atoms with Gasteiger partial charge in [0, 0.05) is 42.0 Å². The highest BCUT2D eigenvalue weighted by molar-refractivity contribution is 6.15. The third-order valence-electron chi connectivity index (χ3n) is 6.78. The van der Waals surface area contributed by atoms with E-state index in [-0.39, 0.29) is 23.7 Å². The summed E-state index contributed by atoms with van der Waals surface area (Å²) in [5.41, 5.74) is 0.136. The lowest BCUT2D eigenvalue weighted by molar-refractivity contribution is -0.118. The molecule has 2 aromatic carbocycles. The Bertz CT molecular complexity index is 1470. The molecule has 0 radical (unpaired) electrons. The number of amides is 1.